The number of nitrogens with two attached hydrogens (primary N) is 1. The molecular formula is C32H39NS. The Morgan fingerprint density at radius 3 is 2.35 bits per heavy atom. The number of fused-ring (bicyclic) bond motifs is 6. The monoisotopic (exact) mass is 469 g/mol. The Hall–Kier alpha value is -1.77. The van der Waals surface area contributed by atoms with Crippen molar-refractivity contribution in [3.63, 3.8) is 0 Å². The molecule has 0 radical (unpaired) electrons. The molecule has 2 aromatic carbocycles. The van der Waals surface area contributed by atoms with E-state index in [1.54, 1.807) is 11.1 Å². The van der Waals surface area contributed by atoms with Gasteiger partial charge in [-0.15, -0.1) is 0 Å². The van der Waals surface area contributed by atoms with E-state index < -0.39 is 0 Å². The molecule has 2 N–H and O–H groups in total. The van der Waals surface area contributed by atoms with E-state index in [1.807, 2.05) is 11.8 Å². The standard InChI is InChI=1S/C32H39NS/c1-19-11-27(20(2)10-22(19)8-9-33)15-29-18-34-32(12-21(29)3)26-7-4-23-16-30-24-5-6-25(13-24)31(30)17-28(23)14-26/h4,7,10-12,14,18,21,24-25,30-31H,5-6,8-9,13,15-17,33H2,1-3H3. The molecule has 178 valence electrons. The highest BCUT2D eigenvalue weighted by Gasteiger charge is 2.48. The van der Waals surface area contributed by atoms with Crippen LogP contribution in [0.2, 0.25) is 0 Å². The van der Waals surface area contributed by atoms with Gasteiger partial charge in [-0.05, 0) is 139 Å². The van der Waals surface area contributed by atoms with Gasteiger partial charge in [0.15, 0.2) is 0 Å². The second-order valence-electron chi connectivity index (χ2n) is 11.6. The van der Waals surface area contributed by atoms with Crippen molar-refractivity contribution in [1.82, 2.24) is 0 Å². The lowest BCUT2D eigenvalue weighted by molar-refractivity contribution is 0.205. The number of benzene rings is 2. The lowest BCUT2D eigenvalue weighted by Crippen LogP contribution is -2.30. The highest BCUT2D eigenvalue weighted by molar-refractivity contribution is 8.11. The molecule has 3 aliphatic carbocycles. The maximum atomic E-state index is 5.80. The predicted octanol–water partition coefficient (Wildman–Crippen LogP) is 7.42. The first kappa shape index (κ1) is 22.7. The summed E-state index contributed by atoms with van der Waals surface area (Å²) in [5, 5.41) is 2.44. The summed E-state index contributed by atoms with van der Waals surface area (Å²) in [6.45, 7) is 7.57. The SMILES string of the molecule is Cc1cc(CC2=CSC(c3ccc4c(c3)CC3C5CCC(C5)C3C4)=CC2C)c(C)cc1CCN. The van der Waals surface area contributed by atoms with Crippen molar-refractivity contribution in [2.24, 2.45) is 35.3 Å². The van der Waals surface area contributed by atoms with E-state index in [0.29, 0.717) is 5.92 Å². The van der Waals surface area contributed by atoms with Crippen molar-refractivity contribution in [1.29, 1.82) is 0 Å². The van der Waals surface area contributed by atoms with Crippen LogP contribution in [0, 0.1) is 43.4 Å². The number of allylic oxidation sites excluding steroid dienone is 2. The van der Waals surface area contributed by atoms with Crippen molar-refractivity contribution < 1.29 is 0 Å². The van der Waals surface area contributed by atoms with Gasteiger partial charge < -0.3 is 5.73 Å². The molecular weight excluding hydrogens is 430 g/mol. The quantitative estimate of drug-likeness (QED) is 0.493. The number of hydrogen-bond acceptors (Lipinski definition) is 2. The fourth-order valence-electron chi connectivity index (χ4n) is 7.60. The average molecular weight is 470 g/mol. The van der Waals surface area contributed by atoms with E-state index in [0.717, 1.165) is 43.1 Å². The van der Waals surface area contributed by atoms with Crippen LogP contribution in [0.4, 0.5) is 0 Å². The van der Waals surface area contributed by atoms with Gasteiger partial charge in [-0.25, -0.2) is 0 Å². The van der Waals surface area contributed by atoms with Crippen LogP contribution in [-0.4, -0.2) is 6.54 Å². The Bertz CT molecular complexity index is 1170. The Labute approximate surface area is 210 Å². The van der Waals surface area contributed by atoms with Crippen LogP contribution in [0.25, 0.3) is 4.91 Å². The number of aryl methyl sites for hydroxylation is 2. The highest BCUT2D eigenvalue weighted by Crippen LogP contribution is 2.56. The summed E-state index contributed by atoms with van der Waals surface area (Å²) in [4.78, 5) is 1.44. The topological polar surface area (TPSA) is 26.0 Å². The molecule has 1 aliphatic heterocycles. The van der Waals surface area contributed by atoms with Gasteiger partial charge >= 0.3 is 0 Å². The third-order valence-corrected chi connectivity index (χ3v) is 10.6. The molecule has 2 heteroatoms. The summed E-state index contributed by atoms with van der Waals surface area (Å²) < 4.78 is 0. The molecule has 0 amide bonds. The number of rotatable bonds is 5. The summed E-state index contributed by atoms with van der Waals surface area (Å²) >= 11 is 1.93. The lowest BCUT2D eigenvalue weighted by atomic mass is 9.69. The van der Waals surface area contributed by atoms with Crippen molar-refractivity contribution in [2.45, 2.75) is 65.7 Å². The maximum Gasteiger partial charge on any atom is 0.0154 e. The largest absolute Gasteiger partial charge is 0.330 e. The Morgan fingerprint density at radius 1 is 0.912 bits per heavy atom. The van der Waals surface area contributed by atoms with E-state index in [-0.39, 0.29) is 0 Å². The molecule has 0 aromatic heterocycles. The zero-order valence-corrected chi connectivity index (χ0v) is 21.9. The van der Waals surface area contributed by atoms with Crippen LogP contribution in [-0.2, 0) is 25.7 Å². The average Bonchev–Trinajstić information content (AvgIpc) is 3.44. The fourth-order valence-corrected chi connectivity index (χ4v) is 8.72. The minimum Gasteiger partial charge on any atom is -0.330 e. The summed E-state index contributed by atoms with van der Waals surface area (Å²) in [5.41, 5.74) is 17.7. The van der Waals surface area contributed by atoms with Crippen molar-refractivity contribution in [2.75, 3.05) is 6.54 Å². The van der Waals surface area contributed by atoms with Gasteiger partial charge in [-0.3, -0.25) is 0 Å². The Balaban J connectivity index is 1.18. The van der Waals surface area contributed by atoms with E-state index >= 15 is 0 Å². The number of hydrogen-bond donors (Lipinski definition) is 1. The predicted molar refractivity (Wildman–Crippen MR) is 147 cm³/mol. The molecule has 1 nitrogen and oxygen atoms in total. The number of thioether (sulfide) groups is 1. The van der Waals surface area contributed by atoms with Gasteiger partial charge in [-0.1, -0.05) is 60.7 Å². The second-order valence-corrected chi connectivity index (χ2v) is 12.5. The second kappa shape index (κ2) is 9.03. The van der Waals surface area contributed by atoms with Crippen LogP contribution < -0.4 is 5.73 Å². The maximum absolute atomic E-state index is 5.80. The first-order valence-corrected chi connectivity index (χ1v) is 14.4. The van der Waals surface area contributed by atoms with Gasteiger partial charge in [0.1, 0.15) is 0 Å². The van der Waals surface area contributed by atoms with Crippen molar-refractivity contribution >= 4 is 16.7 Å². The third-order valence-electron chi connectivity index (χ3n) is 9.60. The molecule has 1 heterocycles. The van der Waals surface area contributed by atoms with Crippen LogP contribution in [0.15, 0.2) is 47.4 Å². The van der Waals surface area contributed by atoms with Gasteiger partial charge in [-0.2, -0.15) is 0 Å². The van der Waals surface area contributed by atoms with E-state index in [4.69, 9.17) is 5.73 Å². The van der Waals surface area contributed by atoms with Gasteiger partial charge in [0.2, 0.25) is 0 Å². The summed E-state index contributed by atoms with van der Waals surface area (Å²) in [7, 11) is 0. The summed E-state index contributed by atoms with van der Waals surface area (Å²) in [5.74, 6) is 4.50. The summed E-state index contributed by atoms with van der Waals surface area (Å²) in [6, 6.07) is 12.2. The lowest BCUT2D eigenvalue weighted by Gasteiger charge is -2.36. The molecule has 5 unspecified atom stereocenters. The molecule has 0 spiro atoms. The zero-order valence-electron chi connectivity index (χ0n) is 21.1. The van der Waals surface area contributed by atoms with Crippen LogP contribution in [0.5, 0.6) is 0 Å². The minimum absolute atomic E-state index is 0.477. The molecule has 34 heavy (non-hydrogen) atoms. The van der Waals surface area contributed by atoms with E-state index in [2.05, 4.69) is 62.6 Å². The fraction of sp³-hybridized carbons (Fsp3) is 0.500. The minimum atomic E-state index is 0.477. The van der Waals surface area contributed by atoms with E-state index in [1.165, 1.54) is 70.4 Å². The normalized spacial score (nSPS) is 29.5. The molecule has 2 bridgehead atoms. The Morgan fingerprint density at radius 2 is 1.62 bits per heavy atom. The Kier molecular flexibility index (Phi) is 6.02. The zero-order chi connectivity index (χ0) is 23.4. The van der Waals surface area contributed by atoms with Crippen LogP contribution in [0.3, 0.4) is 0 Å². The summed E-state index contributed by atoms with van der Waals surface area (Å²) in [6.07, 6.45) is 11.7. The van der Waals surface area contributed by atoms with Crippen LogP contribution in [0.1, 0.15) is 65.1 Å². The smallest absolute Gasteiger partial charge is 0.0154 e. The molecule has 6 rings (SSSR count). The van der Waals surface area contributed by atoms with Gasteiger partial charge in [0, 0.05) is 4.91 Å². The first-order valence-electron chi connectivity index (χ1n) is 13.5. The van der Waals surface area contributed by atoms with Gasteiger partial charge in [0.25, 0.3) is 0 Å². The molecule has 2 fully saturated rings. The molecule has 5 atom stereocenters. The van der Waals surface area contributed by atoms with Crippen LogP contribution >= 0.6 is 11.8 Å². The van der Waals surface area contributed by atoms with Gasteiger partial charge in [0.05, 0.1) is 0 Å². The molecule has 4 aliphatic rings. The highest BCUT2D eigenvalue weighted by atomic mass is 32.2. The molecule has 2 aromatic rings. The third kappa shape index (κ3) is 4.01. The molecule has 0 saturated heterocycles. The first-order chi connectivity index (χ1) is 16.5. The van der Waals surface area contributed by atoms with E-state index in [9.17, 15) is 0 Å². The van der Waals surface area contributed by atoms with Crippen molar-refractivity contribution in [3.8, 4) is 0 Å². The molecule has 2 saturated carbocycles. The van der Waals surface area contributed by atoms with Crippen molar-refractivity contribution in [3.05, 3.63) is 86.3 Å².